The number of anilines is 1. The van der Waals surface area contributed by atoms with E-state index in [0.717, 1.165) is 47.0 Å². The summed E-state index contributed by atoms with van der Waals surface area (Å²) in [5, 5.41) is 6.56. The second-order valence-electron chi connectivity index (χ2n) is 10.0. The Labute approximate surface area is 217 Å². The summed E-state index contributed by atoms with van der Waals surface area (Å²) >= 11 is 1.66. The standard InChI is InChI=1S/C31H36N2O2S/c32-19-8-6-4-2-1-3-5-7-9-20-36-27-21-28(34)33(31(27)35)26-18-16-24-14-13-22-11-10-12-23-15-17-25(26)30(24)29(22)23/h10-18,27H,1-9,19-21,32H2. The molecule has 36 heavy (non-hydrogen) atoms. The molecule has 1 unspecified atom stereocenters. The van der Waals surface area contributed by atoms with Crippen LogP contribution in [0.4, 0.5) is 5.69 Å². The van der Waals surface area contributed by atoms with Crippen molar-refractivity contribution in [2.45, 2.75) is 69.5 Å². The summed E-state index contributed by atoms with van der Waals surface area (Å²) in [7, 11) is 0. The van der Waals surface area contributed by atoms with Crippen LogP contribution in [0.3, 0.4) is 0 Å². The van der Waals surface area contributed by atoms with Gasteiger partial charge in [-0.2, -0.15) is 0 Å². The number of benzene rings is 4. The molecule has 1 aliphatic heterocycles. The molecule has 0 bridgehead atoms. The third-order valence-electron chi connectivity index (χ3n) is 7.52. The number of unbranched alkanes of at least 4 members (excludes halogenated alkanes) is 8. The zero-order valence-corrected chi connectivity index (χ0v) is 21.8. The van der Waals surface area contributed by atoms with Gasteiger partial charge in [0.05, 0.1) is 10.9 Å². The molecule has 4 aromatic rings. The highest BCUT2D eigenvalue weighted by molar-refractivity contribution is 8.00. The molecular formula is C31H36N2O2S. The molecular weight excluding hydrogens is 464 g/mol. The normalized spacial score (nSPS) is 16.4. The number of thioether (sulfide) groups is 1. The van der Waals surface area contributed by atoms with E-state index in [4.69, 9.17) is 5.73 Å². The van der Waals surface area contributed by atoms with Gasteiger partial charge < -0.3 is 5.73 Å². The van der Waals surface area contributed by atoms with Crippen LogP contribution in [0.2, 0.25) is 0 Å². The van der Waals surface area contributed by atoms with E-state index in [0.29, 0.717) is 6.42 Å². The van der Waals surface area contributed by atoms with E-state index in [1.807, 2.05) is 12.1 Å². The fourth-order valence-corrected chi connectivity index (χ4v) is 6.78. The van der Waals surface area contributed by atoms with Gasteiger partial charge in [0.25, 0.3) is 0 Å². The van der Waals surface area contributed by atoms with Crippen LogP contribution < -0.4 is 10.6 Å². The number of hydrogen-bond acceptors (Lipinski definition) is 4. The second kappa shape index (κ2) is 11.6. The van der Waals surface area contributed by atoms with Crippen LogP contribution in [-0.4, -0.2) is 29.4 Å². The number of hydrogen-bond donors (Lipinski definition) is 1. The number of imide groups is 1. The van der Waals surface area contributed by atoms with Crippen molar-refractivity contribution in [3.05, 3.63) is 54.6 Å². The van der Waals surface area contributed by atoms with Gasteiger partial charge in [-0.05, 0) is 58.1 Å². The van der Waals surface area contributed by atoms with Gasteiger partial charge in [-0.25, -0.2) is 4.90 Å². The molecule has 1 fully saturated rings. The molecule has 0 aliphatic carbocycles. The summed E-state index contributed by atoms with van der Waals surface area (Å²) in [6.45, 7) is 0.809. The molecule has 2 amide bonds. The summed E-state index contributed by atoms with van der Waals surface area (Å²) in [6, 6.07) is 18.7. The first kappa shape index (κ1) is 25.0. The Morgan fingerprint density at radius 1 is 0.722 bits per heavy atom. The molecule has 5 rings (SSSR count). The van der Waals surface area contributed by atoms with E-state index in [9.17, 15) is 9.59 Å². The van der Waals surface area contributed by atoms with Gasteiger partial charge in [0, 0.05) is 11.8 Å². The molecule has 5 heteroatoms. The van der Waals surface area contributed by atoms with Crippen LogP contribution in [0.15, 0.2) is 54.6 Å². The molecule has 2 N–H and O–H groups in total. The highest BCUT2D eigenvalue weighted by atomic mass is 32.2. The minimum Gasteiger partial charge on any atom is -0.330 e. The van der Waals surface area contributed by atoms with Crippen molar-refractivity contribution in [2.24, 2.45) is 5.73 Å². The quantitative estimate of drug-likeness (QED) is 0.118. The predicted molar refractivity (Wildman–Crippen MR) is 154 cm³/mol. The Bertz CT molecular complexity index is 1340. The molecule has 4 nitrogen and oxygen atoms in total. The van der Waals surface area contributed by atoms with Gasteiger partial charge in [0.15, 0.2) is 0 Å². The van der Waals surface area contributed by atoms with Crippen LogP contribution in [0, 0.1) is 0 Å². The molecule has 1 atom stereocenters. The van der Waals surface area contributed by atoms with E-state index in [-0.39, 0.29) is 17.1 Å². The zero-order chi connectivity index (χ0) is 24.9. The molecule has 1 saturated heterocycles. The highest BCUT2D eigenvalue weighted by Gasteiger charge is 2.40. The lowest BCUT2D eigenvalue weighted by Crippen LogP contribution is -2.31. The fourth-order valence-electron chi connectivity index (χ4n) is 5.61. The molecule has 1 heterocycles. The van der Waals surface area contributed by atoms with Gasteiger partial charge in [0.1, 0.15) is 0 Å². The van der Waals surface area contributed by atoms with Gasteiger partial charge in [-0.3, -0.25) is 9.59 Å². The molecule has 0 saturated carbocycles. The van der Waals surface area contributed by atoms with Crippen LogP contribution in [0.1, 0.15) is 64.2 Å². The SMILES string of the molecule is NCCCCCCCCCCCSC1CC(=O)N(c2ccc3ccc4cccc5ccc2c3c45)C1=O. The molecule has 0 aromatic heterocycles. The maximum atomic E-state index is 13.4. The predicted octanol–water partition coefficient (Wildman–Crippen LogP) is 7.42. The van der Waals surface area contributed by atoms with Crippen LogP contribution in [0.5, 0.6) is 0 Å². The number of rotatable bonds is 13. The second-order valence-corrected chi connectivity index (χ2v) is 11.4. The minimum absolute atomic E-state index is 0.0579. The number of nitrogens with zero attached hydrogens (tertiary/aromatic N) is 1. The first-order chi connectivity index (χ1) is 17.7. The molecule has 4 aromatic carbocycles. The largest absolute Gasteiger partial charge is 0.330 e. The van der Waals surface area contributed by atoms with Crippen molar-refractivity contribution in [1.29, 1.82) is 0 Å². The Kier molecular flexibility index (Phi) is 8.08. The Hall–Kier alpha value is -2.63. The van der Waals surface area contributed by atoms with Gasteiger partial charge >= 0.3 is 0 Å². The monoisotopic (exact) mass is 500 g/mol. The average Bonchev–Trinajstić information content (AvgIpc) is 3.18. The zero-order valence-electron chi connectivity index (χ0n) is 21.0. The number of carbonyl (C=O) groups excluding carboxylic acids is 2. The number of amides is 2. The van der Waals surface area contributed by atoms with E-state index < -0.39 is 0 Å². The summed E-state index contributed by atoms with van der Waals surface area (Å²) in [5.74, 6) is 0.798. The number of nitrogens with two attached hydrogens (primary N) is 1. The summed E-state index contributed by atoms with van der Waals surface area (Å²) in [5.41, 5.74) is 6.27. The van der Waals surface area contributed by atoms with Crippen molar-refractivity contribution in [3.63, 3.8) is 0 Å². The molecule has 0 spiro atoms. The molecule has 188 valence electrons. The van der Waals surface area contributed by atoms with Crippen molar-refractivity contribution < 1.29 is 9.59 Å². The first-order valence-electron chi connectivity index (χ1n) is 13.5. The van der Waals surface area contributed by atoms with Crippen LogP contribution >= 0.6 is 11.8 Å². The van der Waals surface area contributed by atoms with E-state index in [1.165, 1.54) is 66.0 Å². The summed E-state index contributed by atoms with van der Waals surface area (Å²) in [4.78, 5) is 27.9. The van der Waals surface area contributed by atoms with Crippen LogP contribution in [0.25, 0.3) is 32.3 Å². The Morgan fingerprint density at radius 3 is 2.00 bits per heavy atom. The third-order valence-corrected chi connectivity index (χ3v) is 8.81. The van der Waals surface area contributed by atoms with Gasteiger partial charge in [-0.1, -0.05) is 93.5 Å². The topological polar surface area (TPSA) is 63.4 Å². The van der Waals surface area contributed by atoms with Crippen molar-refractivity contribution in [3.8, 4) is 0 Å². The molecule has 1 aliphatic rings. The summed E-state index contributed by atoms with van der Waals surface area (Å²) < 4.78 is 0. The van der Waals surface area contributed by atoms with Crippen LogP contribution in [-0.2, 0) is 9.59 Å². The van der Waals surface area contributed by atoms with Crippen molar-refractivity contribution in [2.75, 3.05) is 17.2 Å². The molecule has 0 radical (unpaired) electrons. The van der Waals surface area contributed by atoms with Gasteiger partial charge in [-0.15, -0.1) is 11.8 Å². The fraction of sp³-hybridized carbons (Fsp3) is 0.419. The lowest BCUT2D eigenvalue weighted by molar-refractivity contribution is -0.121. The van der Waals surface area contributed by atoms with E-state index in [1.54, 1.807) is 11.8 Å². The lowest BCUT2D eigenvalue weighted by Gasteiger charge is -2.20. The van der Waals surface area contributed by atoms with E-state index in [2.05, 4.69) is 42.5 Å². The Balaban J connectivity index is 1.19. The van der Waals surface area contributed by atoms with E-state index >= 15 is 0 Å². The first-order valence-corrected chi connectivity index (χ1v) is 14.6. The maximum Gasteiger partial charge on any atom is 0.247 e. The maximum absolute atomic E-state index is 13.4. The summed E-state index contributed by atoms with van der Waals surface area (Å²) in [6.07, 6.45) is 11.5. The lowest BCUT2D eigenvalue weighted by atomic mass is 9.93. The average molecular weight is 501 g/mol. The Morgan fingerprint density at radius 2 is 1.31 bits per heavy atom. The highest BCUT2D eigenvalue weighted by Crippen LogP contribution is 2.41. The smallest absolute Gasteiger partial charge is 0.247 e. The van der Waals surface area contributed by atoms with Crippen molar-refractivity contribution in [1.82, 2.24) is 0 Å². The third kappa shape index (κ3) is 5.09. The van der Waals surface area contributed by atoms with Gasteiger partial charge in [0.2, 0.25) is 11.8 Å². The minimum atomic E-state index is -0.265. The number of carbonyl (C=O) groups is 2. The van der Waals surface area contributed by atoms with Crippen molar-refractivity contribution >= 4 is 61.6 Å².